The summed E-state index contributed by atoms with van der Waals surface area (Å²) in [6.45, 7) is 0.577. The Bertz CT molecular complexity index is 250. The standard InChI is InChI=1S/C8H14N2O3S2/c1-14-3-2-9-8(13)10-5-15-4-6(10)7(11)12/h6H,2-5H2,1H3,(H,9,13)(H,11,12)/t6-/m0/s1. The van der Waals surface area contributed by atoms with E-state index in [9.17, 15) is 9.59 Å². The first kappa shape index (κ1) is 12.5. The zero-order valence-electron chi connectivity index (χ0n) is 8.43. The van der Waals surface area contributed by atoms with E-state index in [-0.39, 0.29) is 6.03 Å². The highest BCUT2D eigenvalue weighted by molar-refractivity contribution is 7.99. The lowest BCUT2D eigenvalue weighted by molar-refractivity contribution is -0.140. The van der Waals surface area contributed by atoms with Gasteiger partial charge in [0.15, 0.2) is 0 Å². The Labute approximate surface area is 97.0 Å². The molecule has 1 aliphatic rings. The van der Waals surface area contributed by atoms with Gasteiger partial charge in [-0.3, -0.25) is 0 Å². The van der Waals surface area contributed by atoms with Crippen LogP contribution in [0.1, 0.15) is 0 Å². The van der Waals surface area contributed by atoms with Gasteiger partial charge in [-0.25, -0.2) is 9.59 Å². The van der Waals surface area contributed by atoms with Gasteiger partial charge in [0.05, 0.1) is 5.88 Å². The molecule has 1 rings (SSSR count). The Kier molecular flexibility index (Phi) is 5.10. The Hall–Kier alpha value is -0.560. The van der Waals surface area contributed by atoms with E-state index in [2.05, 4.69) is 5.32 Å². The summed E-state index contributed by atoms with van der Waals surface area (Å²) < 4.78 is 0. The summed E-state index contributed by atoms with van der Waals surface area (Å²) in [5.74, 6) is 0.845. The smallest absolute Gasteiger partial charge is 0.327 e. The minimum atomic E-state index is -0.931. The lowest BCUT2D eigenvalue weighted by Crippen LogP contribution is -2.47. The second kappa shape index (κ2) is 6.12. The number of amides is 2. The van der Waals surface area contributed by atoms with Crippen molar-refractivity contribution in [3.8, 4) is 0 Å². The molecule has 0 aliphatic carbocycles. The molecule has 7 heteroatoms. The molecule has 1 fully saturated rings. The van der Waals surface area contributed by atoms with E-state index in [0.717, 1.165) is 5.75 Å². The van der Waals surface area contributed by atoms with Gasteiger partial charge in [-0.05, 0) is 6.26 Å². The number of urea groups is 1. The number of thioether (sulfide) groups is 2. The minimum absolute atomic E-state index is 0.276. The maximum Gasteiger partial charge on any atom is 0.327 e. The lowest BCUT2D eigenvalue weighted by Gasteiger charge is -2.20. The van der Waals surface area contributed by atoms with E-state index in [1.54, 1.807) is 11.8 Å². The summed E-state index contributed by atoms with van der Waals surface area (Å²) in [5.41, 5.74) is 0. The molecule has 0 aromatic rings. The van der Waals surface area contributed by atoms with Crippen LogP contribution in [-0.4, -0.2) is 58.2 Å². The van der Waals surface area contributed by atoms with Crippen LogP contribution in [-0.2, 0) is 4.79 Å². The molecule has 0 bridgehead atoms. The largest absolute Gasteiger partial charge is 0.480 e. The van der Waals surface area contributed by atoms with E-state index in [1.165, 1.54) is 16.7 Å². The third-order valence-corrected chi connectivity index (χ3v) is 3.64. The van der Waals surface area contributed by atoms with Crippen LogP contribution in [0.25, 0.3) is 0 Å². The van der Waals surface area contributed by atoms with Gasteiger partial charge in [-0.15, -0.1) is 11.8 Å². The average Bonchev–Trinajstić information content (AvgIpc) is 2.66. The molecule has 0 aromatic carbocycles. The fourth-order valence-corrected chi connectivity index (χ4v) is 2.66. The van der Waals surface area contributed by atoms with Crippen molar-refractivity contribution in [2.45, 2.75) is 6.04 Å². The molecule has 1 heterocycles. The van der Waals surface area contributed by atoms with E-state index in [1.807, 2.05) is 6.26 Å². The van der Waals surface area contributed by atoms with E-state index >= 15 is 0 Å². The number of aliphatic carboxylic acids is 1. The molecule has 86 valence electrons. The van der Waals surface area contributed by atoms with Crippen LogP contribution in [0.5, 0.6) is 0 Å². The summed E-state index contributed by atoms with van der Waals surface area (Å²) in [7, 11) is 0. The predicted molar refractivity (Wildman–Crippen MR) is 62.4 cm³/mol. The Morgan fingerprint density at radius 1 is 1.67 bits per heavy atom. The summed E-state index contributed by atoms with van der Waals surface area (Å²) in [5, 5.41) is 11.6. The van der Waals surface area contributed by atoms with Gasteiger partial charge in [-0.1, -0.05) is 0 Å². The summed E-state index contributed by atoms with van der Waals surface area (Å²) in [4.78, 5) is 23.7. The van der Waals surface area contributed by atoms with Gasteiger partial charge in [0.2, 0.25) is 0 Å². The fourth-order valence-electron chi connectivity index (χ4n) is 1.21. The number of nitrogens with one attached hydrogen (secondary N) is 1. The molecule has 5 nitrogen and oxygen atoms in total. The summed E-state index contributed by atoms with van der Waals surface area (Å²) in [6, 6.07) is -0.953. The lowest BCUT2D eigenvalue weighted by atomic mass is 10.3. The van der Waals surface area contributed by atoms with Crippen molar-refractivity contribution in [2.75, 3.05) is 30.2 Å². The van der Waals surface area contributed by atoms with Crippen LogP contribution in [0, 0.1) is 0 Å². The van der Waals surface area contributed by atoms with Crippen LogP contribution < -0.4 is 5.32 Å². The number of carbonyl (C=O) groups is 2. The molecule has 1 saturated heterocycles. The Balaban J connectivity index is 2.40. The molecular formula is C8H14N2O3S2. The van der Waals surface area contributed by atoms with Gasteiger partial charge >= 0.3 is 12.0 Å². The predicted octanol–water partition coefficient (Wildman–Crippen LogP) is 0.518. The Morgan fingerprint density at radius 2 is 2.40 bits per heavy atom. The van der Waals surface area contributed by atoms with Crippen molar-refractivity contribution in [2.24, 2.45) is 0 Å². The van der Waals surface area contributed by atoms with Gasteiger partial charge in [-0.2, -0.15) is 11.8 Å². The van der Waals surface area contributed by atoms with Crippen LogP contribution in [0.4, 0.5) is 4.79 Å². The van der Waals surface area contributed by atoms with Crippen molar-refractivity contribution < 1.29 is 14.7 Å². The number of hydrogen-bond donors (Lipinski definition) is 2. The normalized spacial score (nSPS) is 20.3. The number of nitrogens with zero attached hydrogens (tertiary/aromatic N) is 1. The molecule has 0 unspecified atom stereocenters. The highest BCUT2D eigenvalue weighted by atomic mass is 32.2. The molecule has 1 aliphatic heterocycles. The molecule has 0 aromatic heterocycles. The molecule has 0 spiro atoms. The summed E-state index contributed by atoms with van der Waals surface area (Å²) in [6.07, 6.45) is 1.96. The van der Waals surface area contributed by atoms with Crippen LogP contribution in [0.2, 0.25) is 0 Å². The number of carboxylic acids is 1. The van der Waals surface area contributed by atoms with Gasteiger partial charge in [0.1, 0.15) is 6.04 Å². The second-order valence-corrected chi connectivity index (χ2v) is 5.03. The third-order valence-electron chi connectivity index (χ3n) is 2.01. The van der Waals surface area contributed by atoms with Crippen LogP contribution in [0.15, 0.2) is 0 Å². The quantitative estimate of drug-likeness (QED) is 0.712. The zero-order valence-corrected chi connectivity index (χ0v) is 10.1. The van der Waals surface area contributed by atoms with Gasteiger partial charge in [0.25, 0.3) is 0 Å². The fraction of sp³-hybridized carbons (Fsp3) is 0.750. The Morgan fingerprint density at radius 3 is 3.00 bits per heavy atom. The SMILES string of the molecule is CSCCNC(=O)N1CSC[C@H]1C(=O)O. The zero-order chi connectivity index (χ0) is 11.3. The molecule has 0 radical (unpaired) electrons. The van der Waals surface area contributed by atoms with Crippen LogP contribution in [0.3, 0.4) is 0 Å². The van der Waals surface area contributed by atoms with Crippen molar-refractivity contribution in [3.05, 3.63) is 0 Å². The molecule has 2 amide bonds. The maximum absolute atomic E-state index is 11.6. The first-order valence-electron chi connectivity index (χ1n) is 4.50. The first-order valence-corrected chi connectivity index (χ1v) is 7.05. The third kappa shape index (κ3) is 3.49. The number of rotatable bonds is 4. The van der Waals surface area contributed by atoms with Crippen molar-refractivity contribution in [1.82, 2.24) is 10.2 Å². The number of hydrogen-bond acceptors (Lipinski definition) is 4. The highest BCUT2D eigenvalue weighted by Gasteiger charge is 2.34. The average molecular weight is 250 g/mol. The van der Waals surface area contributed by atoms with Crippen molar-refractivity contribution in [3.63, 3.8) is 0 Å². The van der Waals surface area contributed by atoms with Gasteiger partial charge in [0, 0.05) is 18.1 Å². The summed E-state index contributed by atoms with van der Waals surface area (Å²) >= 11 is 3.10. The van der Waals surface area contributed by atoms with E-state index in [0.29, 0.717) is 18.2 Å². The maximum atomic E-state index is 11.6. The van der Waals surface area contributed by atoms with Crippen molar-refractivity contribution in [1.29, 1.82) is 0 Å². The molecular weight excluding hydrogens is 236 g/mol. The molecule has 2 N–H and O–H groups in total. The number of carbonyl (C=O) groups excluding carboxylic acids is 1. The molecule has 0 saturated carbocycles. The highest BCUT2D eigenvalue weighted by Crippen LogP contribution is 2.20. The van der Waals surface area contributed by atoms with Crippen LogP contribution >= 0.6 is 23.5 Å². The van der Waals surface area contributed by atoms with E-state index in [4.69, 9.17) is 5.11 Å². The monoisotopic (exact) mass is 250 g/mol. The first-order chi connectivity index (χ1) is 7.16. The molecule has 1 atom stereocenters. The van der Waals surface area contributed by atoms with Crippen molar-refractivity contribution >= 4 is 35.5 Å². The minimum Gasteiger partial charge on any atom is -0.480 e. The molecule has 15 heavy (non-hydrogen) atoms. The number of carboxylic acid groups (broad SMARTS) is 1. The second-order valence-electron chi connectivity index (χ2n) is 3.05. The van der Waals surface area contributed by atoms with Gasteiger partial charge < -0.3 is 15.3 Å². The topological polar surface area (TPSA) is 69.6 Å². The van der Waals surface area contributed by atoms with E-state index < -0.39 is 12.0 Å².